The fraction of sp³-hybridized carbons (Fsp3) is 0.182. The molecule has 3 rings (SSSR count). The molecule has 5 heteroatoms. The number of carbonyl (C=O) groups is 1. The Morgan fingerprint density at radius 1 is 1.11 bits per heavy atom. The molecule has 1 heterocycles. The molecular weight excluding hydrogens is 358 g/mol. The van der Waals surface area contributed by atoms with Gasteiger partial charge >= 0.3 is 0 Å². The summed E-state index contributed by atoms with van der Waals surface area (Å²) in [6.45, 7) is 5.21. The number of benzene rings is 2. The fourth-order valence-corrected chi connectivity index (χ4v) is 2.98. The van der Waals surface area contributed by atoms with Crippen LogP contribution in [0.5, 0.6) is 0 Å². The number of aryl methyl sites for hydroxylation is 1. The summed E-state index contributed by atoms with van der Waals surface area (Å²) in [4.78, 5) is 19.0. The van der Waals surface area contributed by atoms with Crippen LogP contribution in [0.3, 0.4) is 0 Å². The summed E-state index contributed by atoms with van der Waals surface area (Å²) in [6, 6.07) is 17.4. The molecule has 1 N–H and O–H groups in total. The van der Waals surface area contributed by atoms with Gasteiger partial charge in [-0.15, -0.1) is 0 Å². The number of halogens is 1. The molecule has 0 saturated carbocycles. The second-order valence-corrected chi connectivity index (χ2v) is 6.77. The third-order valence-corrected chi connectivity index (χ3v) is 4.52. The smallest absolute Gasteiger partial charge is 0.259 e. The summed E-state index contributed by atoms with van der Waals surface area (Å²) in [5.41, 5.74) is 4.47. The van der Waals surface area contributed by atoms with Crippen molar-refractivity contribution in [2.75, 3.05) is 16.8 Å². The van der Waals surface area contributed by atoms with Crippen molar-refractivity contribution in [1.82, 2.24) is 4.98 Å². The van der Waals surface area contributed by atoms with Crippen molar-refractivity contribution in [2.24, 2.45) is 0 Å². The number of anilines is 2. The highest BCUT2D eigenvalue weighted by molar-refractivity contribution is 6.30. The lowest BCUT2D eigenvalue weighted by molar-refractivity contribution is 0.0988. The first-order valence-electron chi connectivity index (χ1n) is 8.88. The number of nitrogens with zero attached hydrogens (tertiary/aromatic N) is 2. The quantitative estimate of drug-likeness (QED) is 0.630. The van der Waals surface area contributed by atoms with E-state index in [1.54, 1.807) is 17.3 Å². The zero-order valence-electron chi connectivity index (χ0n) is 15.4. The Bertz CT molecular complexity index is 925. The Labute approximate surface area is 164 Å². The number of carbonyl (C=O) groups excluding carboxylic acids is 1. The van der Waals surface area contributed by atoms with Gasteiger partial charge in [0.05, 0.1) is 11.3 Å². The summed E-state index contributed by atoms with van der Waals surface area (Å²) in [5.74, 6) is -0.0641. The molecule has 0 bridgehead atoms. The Morgan fingerprint density at radius 3 is 2.59 bits per heavy atom. The van der Waals surface area contributed by atoms with Crippen molar-refractivity contribution in [3.63, 3.8) is 0 Å². The lowest BCUT2D eigenvalue weighted by Crippen LogP contribution is -2.30. The zero-order valence-corrected chi connectivity index (χ0v) is 16.2. The number of hydrogen-bond donors (Lipinski definition) is 1. The summed E-state index contributed by atoms with van der Waals surface area (Å²) in [6.07, 6.45) is 3.32. The molecule has 138 valence electrons. The highest BCUT2D eigenvalue weighted by Gasteiger charge is 2.17. The molecular formula is C22H22ClN3O. The molecule has 0 unspecified atom stereocenters. The molecule has 0 atom stereocenters. The van der Waals surface area contributed by atoms with Gasteiger partial charge in [0.2, 0.25) is 0 Å². The van der Waals surface area contributed by atoms with Gasteiger partial charge in [-0.25, -0.2) is 0 Å². The third kappa shape index (κ3) is 4.86. The normalized spacial score (nSPS) is 10.5. The molecule has 4 nitrogen and oxygen atoms in total. The predicted molar refractivity (Wildman–Crippen MR) is 112 cm³/mol. The van der Waals surface area contributed by atoms with E-state index in [1.807, 2.05) is 68.4 Å². The number of amides is 1. The highest BCUT2D eigenvalue weighted by Crippen LogP contribution is 2.20. The largest absolute Gasteiger partial charge is 0.380 e. The number of hydrogen-bond acceptors (Lipinski definition) is 3. The first kappa shape index (κ1) is 18.9. The molecule has 3 aromatic rings. The van der Waals surface area contributed by atoms with Gasteiger partial charge in [0.1, 0.15) is 0 Å². The summed E-state index contributed by atoms with van der Waals surface area (Å²) in [5, 5.41) is 4.02. The van der Waals surface area contributed by atoms with Crippen molar-refractivity contribution < 1.29 is 4.79 Å². The van der Waals surface area contributed by atoms with Crippen molar-refractivity contribution in [1.29, 1.82) is 0 Å². The standard InChI is InChI=1S/C22H22ClN3O/c1-3-26(21-6-4-5-16(2)11-21)22(27)18-12-20(15-24-14-18)25-13-17-7-9-19(23)10-8-17/h4-12,14-15,25H,3,13H2,1-2H3. The maximum Gasteiger partial charge on any atom is 0.259 e. The average molecular weight is 380 g/mol. The number of nitrogens with one attached hydrogen (secondary N) is 1. The number of aromatic nitrogens is 1. The minimum absolute atomic E-state index is 0.0641. The zero-order chi connectivity index (χ0) is 19.2. The van der Waals surface area contributed by atoms with Crippen LogP contribution in [0.2, 0.25) is 5.02 Å². The maximum absolute atomic E-state index is 13.0. The second-order valence-electron chi connectivity index (χ2n) is 6.33. The highest BCUT2D eigenvalue weighted by atomic mass is 35.5. The summed E-state index contributed by atoms with van der Waals surface area (Å²) < 4.78 is 0. The van der Waals surface area contributed by atoms with Crippen LogP contribution in [0.4, 0.5) is 11.4 Å². The van der Waals surface area contributed by atoms with Gasteiger partial charge in [0.15, 0.2) is 0 Å². The van der Waals surface area contributed by atoms with Crippen LogP contribution in [0, 0.1) is 6.92 Å². The first-order valence-corrected chi connectivity index (χ1v) is 9.26. The molecule has 27 heavy (non-hydrogen) atoms. The van der Waals surface area contributed by atoms with Gasteiger partial charge in [-0.2, -0.15) is 0 Å². The van der Waals surface area contributed by atoms with Gasteiger partial charge in [-0.3, -0.25) is 9.78 Å². The lowest BCUT2D eigenvalue weighted by atomic mass is 10.1. The molecule has 0 aliphatic rings. The molecule has 0 aliphatic carbocycles. The molecule has 0 fully saturated rings. The van der Waals surface area contributed by atoms with Gasteiger partial charge < -0.3 is 10.2 Å². The molecule has 2 aromatic carbocycles. The van der Waals surface area contributed by atoms with Crippen molar-refractivity contribution in [3.8, 4) is 0 Å². The summed E-state index contributed by atoms with van der Waals surface area (Å²) >= 11 is 5.92. The topological polar surface area (TPSA) is 45.2 Å². The van der Waals surface area contributed by atoms with Crippen LogP contribution in [0.25, 0.3) is 0 Å². The van der Waals surface area contributed by atoms with Gasteiger partial charge in [0.25, 0.3) is 5.91 Å². The van der Waals surface area contributed by atoms with Crippen molar-refractivity contribution in [2.45, 2.75) is 20.4 Å². The van der Waals surface area contributed by atoms with E-state index in [-0.39, 0.29) is 5.91 Å². The lowest BCUT2D eigenvalue weighted by Gasteiger charge is -2.21. The van der Waals surface area contributed by atoms with E-state index < -0.39 is 0 Å². The monoisotopic (exact) mass is 379 g/mol. The molecule has 0 radical (unpaired) electrons. The van der Waals surface area contributed by atoms with E-state index in [0.717, 1.165) is 22.5 Å². The van der Waals surface area contributed by atoms with Crippen LogP contribution < -0.4 is 10.2 Å². The Balaban J connectivity index is 1.75. The maximum atomic E-state index is 13.0. The van der Waals surface area contributed by atoms with E-state index in [4.69, 9.17) is 11.6 Å². The second kappa shape index (κ2) is 8.69. The first-order chi connectivity index (χ1) is 13.1. The SMILES string of the molecule is CCN(C(=O)c1cncc(NCc2ccc(Cl)cc2)c1)c1cccc(C)c1. The van der Waals surface area contributed by atoms with Crippen LogP contribution in [-0.2, 0) is 6.54 Å². The van der Waals surface area contributed by atoms with Gasteiger partial charge in [0, 0.05) is 36.2 Å². The summed E-state index contributed by atoms with van der Waals surface area (Å²) in [7, 11) is 0. The Morgan fingerprint density at radius 2 is 1.89 bits per heavy atom. The van der Waals surface area contributed by atoms with Crippen molar-refractivity contribution in [3.05, 3.63) is 88.7 Å². The average Bonchev–Trinajstić information content (AvgIpc) is 2.68. The van der Waals surface area contributed by atoms with Crippen LogP contribution in [-0.4, -0.2) is 17.4 Å². The van der Waals surface area contributed by atoms with E-state index in [2.05, 4.69) is 10.3 Å². The van der Waals surface area contributed by atoms with E-state index in [0.29, 0.717) is 23.7 Å². The Kier molecular flexibility index (Phi) is 6.09. The molecule has 1 amide bonds. The van der Waals surface area contributed by atoms with Crippen molar-refractivity contribution >= 4 is 28.9 Å². The van der Waals surface area contributed by atoms with E-state index in [9.17, 15) is 4.79 Å². The number of pyridine rings is 1. The third-order valence-electron chi connectivity index (χ3n) is 4.27. The van der Waals surface area contributed by atoms with Crippen LogP contribution in [0.15, 0.2) is 67.0 Å². The molecule has 1 aromatic heterocycles. The van der Waals surface area contributed by atoms with Crippen LogP contribution in [0.1, 0.15) is 28.4 Å². The van der Waals surface area contributed by atoms with Crippen LogP contribution >= 0.6 is 11.6 Å². The van der Waals surface area contributed by atoms with E-state index >= 15 is 0 Å². The molecule has 0 spiro atoms. The minimum atomic E-state index is -0.0641. The fourth-order valence-electron chi connectivity index (χ4n) is 2.86. The van der Waals surface area contributed by atoms with Gasteiger partial charge in [-0.1, -0.05) is 35.9 Å². The predicted octanol–water partition coefficient (Wildman–Crippen LogP) is 5.32. The Hall–Kier alpha value is -2.85. The number of rotatable bonds is 6. The minimum Gasteiger partial charge on any atom is -0.380 e. The molecule has 0 aliphatic heterocycles. The van der Waals surface area contributed by atoms with Gasteiger partial charge in [-0.05, 0) is 55.3 Å². The van der Waals surface area contributed by atoms with E-state index in [1.165, 1.54) is 0 Å². The molecule has 0 saturated heterocycles.